The van der Waals surface area contributed by atoms with Crippen LogP contribution in [0.5, 0.6) is 17.2 Å². The second kappa shape index (κ2) is 6.25. The Morgan fingerprint density at radius 2 is 1.70 bits per heavy atom. The van der Waals surface area contributed by atoms with E-state index in [1.54, 1.807) is 36.4 Å². The summed E-state index contributed by atoms with van der Waals surface area (Å²) in [6.07, 6.45) is 0.0590. The van der Waals surface area contributed by atoms with Crippen LogP contribution in [0.4, 0.5) is 5.69 Å². The van der Waals surface area contributed by atoms with Crippen molar-refractivity contribution in [1.29, 1.82) is 0 Å². The predicted octanol–water partition coefficient (Wildman–Crippen LogP) is 5.16. The van der Waals surface area contributed by atoms with Gasteiger partial charge in [0, 0.05) is 28.9 Å². The van der Waals surface area contributed by atoms with Gasteiger partial charge in [-0.25, -0.2) is 0 Å². The Morgan fingerprint density at radius 1 is 1.00 bits per heavy atom. The fourth-order valence-corrected chi connectivity index (χ4v) is 2.12. The van der Waals surface area contributed by atoms with Crippen molar-refractivity contribution in [3.05, 3.63) is 46.4 Å². The molecule has 0 amide bonds. The average Bonchev–Trinajstić information content (AvgIpc) is 2.31. The third-order valence-corrected chi connectivity index (χ3v) is 2.93. The van der Waals surface area contributed by atoms with Crippen molar-refractivity contribution >= 4 is 28.9 Å². The fourth-order valence-electron chi connectivity index (χ4n) is 1.68. The Hall–Kier alpha value is -1.58. The van der Waals surface area contributed by atoms with E-state index in [0.717, 1.165) is 0 Å². The van der Waals surface area contributed by atoms with Crippen LogP contribution in [0.2, 0.25) is 10.0 Å². The lowest BCUT2D eigenvalue weighted by Crippen LogP contribution is -2.05. The molecule has 0 aromatic heterocycles. The number of hydrogen-bond donors (Lipinski definition) is 1. The number of nitrogens with two attached hydrogens (primary N) is 1. The molecule has 0 heterocycles. The van der Waals surface area contributed by atoms with Gasteiger partial charge in [0.1, 0.15) is 17.2 Å². The summed E-state index contributed by atoms with van der Waals surface area (Å²) in [6, 6.07) is 10.3. The van der Waals surface area contributed by atoms with E-state index in [-0.39, 0.29) is 6.10 Å². The minimum absolute atomic E-state index is 0.0590. The van der Waals surface area contributed by atoms with Crippen molar-refractivity contribution in [2.75, 3.05) is 5.73 Å². The Labute approximate surface area is 128 Å². The van der Waals surface area contributed by atoms with Crippen molar-refractivity contribution in [1.82, 2.24) is 0 Å². The van der Waals surface area contributed by atoms with E-state index < -0.39 is 0 Å². The summed E-state index contributed by atoms with van der Waals surface area (Å²) in [4.78, 5) is 0. The van der Waals surface area contributed by atoms with Crippen LogP contribution in [-0.2, 0) is 0 Å². The summed E-state index contributed by atoms with van der Waals surface area (Å²) in [5.41, 5.74) is 6.40. The zero-order valence-electron chi connectivity index (χ0n) is 11.2. The SMILES string of the molecule is CC(C)Oc1cc(N)cc(Oc2ccc(Cl)cc2Cl)c1. The Bertz CT molecular complexity index is 615. The molecular formula is C15H15Cl2NO2. The summed E-state index contributed by atoms with van der Waals surface area (Å²) in [5.74, 6) is 1.72. The van der Waals surface area contributed by atoms with E-state index in [1.807, 2.05) is 13.8 Å². The molecule has 0 radical (unpaired) electrons. The summed E-state index contributed by atoms with van der Waals surface area (Å²) in [6.45, 7) is 3.89. The van der Waals surface area contributed by atoms with Crippen LogP contribution >= 0.6 is 23.2 Å². The molecule has 2 aromatic rings. The number of ether oxygens (including phenoxy) is 2. The molecule has 0 saturated carbocycles. The van der Waals surface area contributed by atoms with Gasteiger partial charge in [-0.15, -0.1) is 0 Å². The van der Waals surface area contributed by atoms with Gasteiger partial charge in [-0.1, -0.05) is 23.2 Å². The first kappa shape index (κ1) is 14.8. The standard InChI is InChI=1S/C15H15Cl2NO2/c1-9(2)19-12-6-11(18)7-13(8-12)20-15-4-3-10(16)5-14(15)17/h3-9H,18H2,1-2H3. The molecule has 0 fully saturated rings. The lowest BCUT2D eigenvalue weighted by atomic mass is 10.2. The smallest absolute Gasteiger partial charge is 0.146 e. The molecule has 0 saturated heterocycles. The van der Waals surface area contributed by atoms with Gasteiger partial charge in [0.25, 0.3) is 0 Å². The van der Waals surface area contributed by atoms with Crippen LogP contribution in [0.25, 0.3) is 0 Å². The predicted molar refractivity (Wildman–Crippen MR) is 83.2 cm³/mol. The van der Waals surface area contributed by atoms with Gasteiger partial charge in [-0.2, -0.15) is 0 Å². The number of hydrogen-bond acceptors (Lipinski definition) is 3. The first-order chi connectivity index (χ1) is 9.44. The van der Waals surface area contributed by atoms with Crippen molar-refractivity contribution < 1.29 is 9.47 Å². The van der Waals surface area contributed by atoms with Gasteiger partial charge < -0.3 is 15.2 Å². The highest BCUT2D eigenvalue weighted by atomic mass is 35.5. The maximum atomic E-state index is 6.07. The highest BCUT2D eigenvalue weighted by molar-refractivity contribution is 6.35. The Morgan fingerprint density at radius 3 is 2.35 bits per heavy atom. The topological polar surface area (TPSA) is 44.5 Å². The minimum Gasteiger partial charge on any atom is -0.491 e. The summed E-state index contributed by atoms with van der Waals surface area (Å²) >= 11 is 11.9. The normalized spacial score (nSPS) is 10.7. The maximum absolute atomic E-state index is 6.07. The van der Waals surface area contributed by atoms with Crippen LogP contribution in [0, 0.1) is 0 Å². The van der Waals surface area contributed by atoms with E-state index in [0.29, 0.717) is 33.0 Å². The van der Waals surface area contributed by atoms with Gasteiger partial charge in [-0.3, -0.25) is 0 Å². The van der Waals surface area contributed by atoms with Gasteiger partial charge >= 0.3 is 0 Å². The number of halogens is 2. The molecule has 2 N–H and O–H groups in total. The van der Waals surface area contributed by atoms with Crippen molar-refractivity contribution in [2.24, 2.45) is 0 Å². The zero-order chi connectivity index (χ0) is 14.7. The first-order valence-corrected chi connectivity index (χ1v) is 6.90. The van der Waals surface area contributed by atoms with Crippen LogP contribution in [0.3, 0.4) is 0 Å². The largest absolute Gasteiger partial charge is 0.491 e. The second-order valence-electron chi connectivity index (χ2n) is 4.58. The molecule has 20 heavy (non-hydrogen) atoms. The molecule has 0 aliphatic carbocycles. The van der Waals surface area contributed by atoms with Crippen LogP contribution < -0.4 is 15.2 Å². The van der Waals surface area contributed by atoms with E-state index in [1.165, 1.54) is 0 Å². The molecule has 0 spiro atoms. The molecule has 0 aliphatic heterocycles. The van der Waals surface area contributed by atoms with E-state index >= 15 is 0 Å². The molecular weight excluding hydrogens is 297 g/mol. The lowest BCUT2D eigenvalue weighted by Gasteiger charge is -2.13. The molecule has 0 unspecified atom stereocenters. The number of nitrogen functional groups attached to an aromatic ring is 1. The molecule has 0 atom stereocenters. The summed E-state index contributed by atoms with van der Waals surface area (Å²) in [7, 11) is 0. The van der Waals surface area contributed by atoms with Crippen LogP contribution in [0.1, 0.15) is 13.8 Å². The average molecular weight is 312 g/mol. The molecule has 2 aromatic carbocycles. The number of rotatable bonds is 4. The second-order valence-corrected chi connectivity index (χ2v) is 5.42. The van der Waals surface area contributed by atoms with E-state index in [9.17, 15) is 0 Å². The molecule has 106 valence electrons. The minimum atomic E-state index is 0.0590. The van der Waals surface area contributed by atoms with Gasteiger partial charge in [0.05, 0.1) is 11.1 Å². The number of benzene rings is 2. The Balaban J connectivity index is 2.26. The molecule has 5 heteroatoms. The molecule has 2 rings (SSSR count). The lowest BCUT2D eigenvalue weighted by molar-refractivity contribution is 0.242. The quantitative estimate of drug-likeness (QED) is 0.794. The zero-order valence-corrected chi connectivity index (χ0v) is 12.7. The van der Waals surface area contributed by atoms with Crippen molar-refractivity contribution in [3.8, 4) is 17.2 Å². The van der Waals surface area contributed by atoms with E-state index in [2.05, 4.69) is 0 Å². The summed E-state index contributed by atoms with van der Waals surface area (Å²) in [5, 5.41) is 0.991. The fraction of sp³-hybridized carbons (Fsp3) is 0.200. The third kappa shape index (κ3) is 3.95. The van der Waals surface area contributed by atoms with Crippen LogP contribution in [-0.4, -0.2) is 6.10 Å². The van der Waals surface area contributed by atoms with Crippen molar-refractivity contribution in [2.45, 2.75) is 20.0 Å². The number of anilines is 1. The van der Waals surface area contributed by atoms with Gasteiger partial charge in [-0.05, 0) is 32.0 Å². The summed E-state index contributed by atoms with van der Waals surface area (Å²) < 4.78 is 11.3. The Kier molecular flexibility index (Phi) is 4.63. The highest BCUT2D eigenvalue weighted by Gasteiger charge is 2.07. The molecule has 3 nitrogen and oxygen atoms in total. The first-order valence-electron chi connectivity index (χ1n) is 6.14. The molecule has 0 bridgehead atoms. The van der Waals surface area contributed by atoms with E-state index in [4.69, 9.17) is 38.4 Å². The maximum Gasteiger partial charge on any atom is 0.146 e. The molecule has 0 aliphatic rings. The van der Waals surface area contributed by atoms with Crippen molar-refractivity contribution in [3.63, 3.8) is 0 Å². The van der Waals surface area contributed by atoms with Gasteiger partial charge in [0.2, 0.25) is 0 Å². The van der Waals surface area contributed by atoms with Gasteiger partial charge in [0.15, 0.2) is 0 Å². The third-order valence-electron chi connectivity index (χ3n) is 2.40. The van der Waals surface area contributed by atoms with Crippen LogP contribution in [0.15, 0.2) is 36.4 Å². The monoisotopic (exact) mass is 311 g/mol. The highest BCUT2D eigenvalue weighted by Crippen LogP contribution is 2.34.